The number of rotatable bonds is 11. The lowest BCUT2D eigenvalue weighted by atomic mass is 9.87. The van der Waals surface area contributed by atoms with Crippen molar-refractivity contribution >= 4 is 11.9 Å². The largest absolute Gasteiger partial charge is 0.508 e. The van der Waals surface area contributed by atoms with Crippen LogP contribution in [0.25, 0.3) is 6.08 Å². The van der Waals surface area contributed by atoms with Gasteiger partial charge in [-0.2, -0.15) is 0 Å². The van der Waals surface area contributed by atoms with Crippen LogP contribution in [0.15, 0.2) is 60.2 Å². The van der Waals surface area contributed by atoms with Crippen molar-refractivity contribution in [2.75, 3.05) is 21.3 Å². The summed E-state index contributed by atoms with van der Waals surface area (Å²) in [6.45, 7) is 10.3. The Labute approximate surface area is 197 Å². The van der Waals surface area contributed by atoms with Crippen LogP contribution in [-0.2, 0) is 6.42 Å². The molecule has 1 atom stereocenters. The lowest BCUT2D eigenvalue weighted by molar-refractivity contribution is 0.104. The van der Waals surface area contributed by atoms with Gasteiger partial charge in [-0.15, -0.1) is 0 Å². The second kappa shape index (κ2) is 12.0. The molecule has 0 fully saturated rings. The van der Waals surface area contributed by atoms with E-state index in [1.807, 2.05) is 6.92 Å². The number of ether oxygens (including phenoxy) is 3. The number of allylic oxidation sites excluding steroid dienone is 4. The molecule has 176 valence electrons. The first-order valence-electron chi connectivity index (χ1n) is 10.8. The summed E-state index contributed by atoms with van der Waals surface area (Å²) in [7, 11) is 4.65. The minimum absolute atomic E-state index is 0.159. The van der Waals surface area contributed by atoms with Gasteiger partial charge in [0.25, 0.3) is 0 Å². The Morgan fingerprint density at radius 3 is 2.18 bits per heavy atom. The van der Waals surface area contributed by atoms with Gasteiger partial charge in [-0.25, -0.2) is 0 Å². The monoisotopic (exact) mass is 450 g/mol. The van der Waals surface area contributed by atoms with E-state index in [-0.39, 0.29) is 17.5 Å². The Hall–Kier alpha value is -3.47. The highest BCUT2D eigenvalue weighted by atomic mass is 16.5. The van der Waals surface area contributed by atoms with Crippen LogP contribution in [0.5, 0.6) is 23.0 Å². The normalized spacial score (nSPS) is 11.7. The number of phenols is 1. The predicted molar refractivity (Wildman–Crippen MR) is 134 cm³/mol. The smallest absolute Gasteiger partial charge is 0.193 e. The van der Waals surface area contributed by atoms with E-state index in [1.165, 1.54) is 18.8 Å². The van der Waals surface area contributed by atoms with Gasteiger partial charge in [0.2, 0.25) is 0 Å². The van der Waals surface area contributed by atoms with Gasteiger partial charge in [-0.1, -0.05) is 42.0 Å². The zero-order chi connectivity index (χ0) is 24.5. The number of aromatic hydroxyl groups is 1. The van der Waals surface area contributed by atoms with Crippen LogP contribution in [0.3, 0.4) is 0 Å². The van der Waals surface area contributed by atoms with E-state index in [2.05, 4.69) is 26.5 Å². The van der Waals surface area contributed by atoms with Crippen molar-refractivity contribution in [3.05, 3.63) is 76.9 Å². The second-order valence-electron chi connectivity index (χ2n) is 8.22. The number of methoxy groups -OCH3 is 3. The molecule has 0 aliphatic heterocycles. The predicted octanol–water partition coefficient (Wildman–Crippen LogP) is 6.41. The third-order valence-electron chi connectivity index (χ3n) is 5.48. The molecule has 5 nitrogen and oxygen atoms in total. The lowest BCUT2D eigenvalue weighted by Gasteiger charge is -2.22. The second-order valence-corrected chi connectivity index (χ2v) is 8.22. The summed E-state index contributed by atoms with van der Waals surface area (Å²) in [4.78, 5) is 13.3. The fraction of sp³-hybridized carbons (Fsp3) is 0.321. The topological polar surface area (TPSA) is 65.0 Å². The van der Waals surface area contributed by atoms with E-state index < -0.39 is 0 Å². The molecule has 0 heterocycles. The van der Waals surface area contributed by atoms with Crippen molar-refractivity contribution < 1.29 is 24.1 Å². The molecule has 0 spiro atoms. The summed E-state index contributed by atoms with van der Waals surface area (Å²) in [6.07, 6.45) is 6.80. The highest BCUT2D eigenvalue weighted by molar-refractivity contribution is 6.11. The Kier molecular flexibility index (Phi) is 9.34. The molecular weight excluding hydrogens is 416 g/mol. The van der Waals surface area contributed by atoms with E-state index in [0.29, 0.717) is 29.2 Å². The third-order valence-corrected chi connectivity index (χ3v) is 5.48. The molecule has 1 N–H and O–H groups in total. The van der Waals surface area contributed by atoms with E-state index in [0.717, 1.165) is 23.1 Å². The zero-order valence-corrected chi connectivity index (χ0v) is 20.4. The van der Waals surface area contributed by atoms with Crippen LogP contribution in [-0.4, -0.2) is 32.2 Å². The van der Waals surface area contributed by atoms with Crippen molar-refractivity contribution in [1.82, 2.24) is 0 Å². The molecule has 2 aromatic rings. The maximum Gasteiger partial charge on any atom is 0.193 e. The molecule has 0 bridgehead atoms. The summed E-state index contributed by atoms with van der Waals surface area (Å²) in [5.41, 5.74) is 4.22. The van der Waals surface area contributed by atoms with Gasteiger partial charge in [0.1, 0.15) is 28.6 Å². The van der Waals surface area contributed by atoms with E-state index >= 15 is 0 Å². The fourth-order valence-corrected chi connectivity index (χ4v) is 3.57. The summed E-state index contributed by atoms with van der Waals surface area (Å²) in [5, 5.41) is 9.46. The maximum absolute atomic E-state index is 13.3. The van der Waals surface area contributed by atoms with Crippen LogP contribution in [0, 0.1) is 5.92 Å². The molecule has 1 unspecified atom stereocenters. The Morgan fingerprint density at radius 1 is 1.03 bits per heavy atom. The average molecular weight is 451 g/mol. The van der Waals surface area contributed by atoms with Gasteiger partial charge in [0.05, 0.1) is 21.3 Å². The first-order valence-corrected chi connectivity index (χ1v) is 10.8. The number of carbonyl (C=O) groups excluding carboxylic acids is 1. The standard InChI is InChI=1S/C28H34O5/c1-18(2)8-12-21(19(3)4)16-23-25(31-5)17-26(32-6)27(28(23)33-7)24(30)15-11-20-9-13-22(29)14-10-20/h8-11,13-15,17,21,29H,3,12,16H2,1-2,4-7H3/b15-11+. The van der Waals surface area contributed by atoms with Crippen molar-refractivity contribution in [2.24, 2.45) is 5.92 Å². The minimum atomic E-state index is -0.253. The molecule has 0 saturated heterocycles. The van der Waals surface area contributed by atoms with Gasteiger partial charge >= 0.3 is 0 Å². The molecule has 2 rings (SSSR count). The van der Waals surface area contributed by atoms with E-state index in [4.69, 9.17) is 14.2 Å². The Bertz CT molecular complexity index is 1040. The van der Waals surface area contributed by atoms with Crippen LogP contribution in [0.1, 0.15) is 48.7 Å². The lowest BCUT2D eigenvalue weighted by Crippen LogP contribution is -2.11. The zero-order valence-electron chi connectivity index (χ0n) is 20.4. The van der Waals surface area contributed by atoms with Crippen LogP contribution in [0.4, 0.5) is 0 Å². The fourth-order valence-electron chi connectivity index (χ4n) is 3.57. The molecule has 0 aliphatic rings. The summed E-state index contributed by atoms with van der Waals surface area (Å²) in [5.74, 6) is 1.50. The third kappa shape index (κ3) is 6.75. The molecule has 33 heavy (non-hydrogen) atoms. The maximum atomic E-state index is 13.3. The molecular formula is C28H34O5. The average Bonchev–Trinajstić information content (AvgIpc) is 2.79. The number of ketones is 1. The van der Waals surface area contributed by atoms with Crippen molar-refractivity contribution in [3.63, 3.8) is 0 Å². The first-order chi connectivity index (χ1) is 15.7. The van der Waals surface area contributed by atoms with Gasteiger partial charge in [-0.05, 0) is 63.3 Å². The number of phenolic OH excluding ortho intramolecular Hbond substituents is 1. The summed E-state index contributed by atoms with van der Waals surface area (Å²) >= 11 is 0. The molecule has 0 aromatic heterocycles. The van der Waals surface area contributed by atoms with E-state index in [1.54, 1.807) is 50.6 Å². The highest BCUT2D eigenvalue weighted by Gasteiger charge is 2.26. The number of hydrogen-bond acceptors (Lipinski definition) is 5. The van der Waals surface area contributed by atoms with Crippen molar-refractivity contribution in [1.29, 1.82) is 0 Å². The number of carbonyl (C=O) groups is 1. The van der Waals surface area contributed by atoms with Gasteiger partial charge in [0.15, 0.2) is 5.78 Å². The SMILES string of the molecule is C=C(C)C(CC=C(C)C)Cc1c(OC)cc(OC)c(C(=O)/C=C/c2ccc(O)cc2)c1OC. The summed E-state index contributed by atoms with van der Waals surface area (Å²) < 4.78 is 16.9. The van der Waals surface area contributed by atoms with Crippen molar-refractivity contribution in [3.8, 4) is 23.0 Å². The Balaban J connectivity index is 2.55. The molecule has 2 aromatic carbocycles. The van der Waals surface area contributed by atoms with Gasteiger partial charge in [-0.3, -0.25) is 4.79 Å². The van der Waals surface area contributed by atoms with Crippen LogP contribution in [0.2, 0.25) is 0 Å². The highest BCUT2D eigenvalue weighted by Crippen LogP contribution is 2.42. The quantitative estimate of drug-likeness (QED) is 0.244. The minimum Gasteiger partial charge on any atom is -0.508 e. The molecule has 5 heteroatoms. The summed E-state index contributed by atoms with van der Waals surface area (Å²) in [6, 6.07) is 8.33. The van der Waals surface area contributed by atoms with E-state index in [9.17, 15) is 9.90 Å². The number of benzene rings is 2. The van der Waals surface area contributed by atoms with Gasteiger partial charge < -0.3 is 19.3 Å². The molecule has 0 aliphatic carbocycles. The van der Waals surface area contributed by atoms with Gasteiger partial charge in [0, 0.05) is 11.6 Å². The molecule has 0 amide bonds. The first kappa shape index (κ1) is 25.8. The van der Waals surface area contributed by atoms with Crippen LogP contribution >= 0.6 is 0 Å². The molecule has 0 radical (unpaired) electrons. The van der Waals surface area contributed by atoms with Crippen molar-refractivity contribution in [2.45, 2.75) is 33.6 Å². The number of hydrogen-bond donors (Lipinski definition) is 1. The Morgan fingerprint density at radius 2 is 1.67 bits per heavy atom. The molecule has 0 saturated carbocycles. The van der Waals surface area contributed by atoms with Crippen LogP contribution < -0.4 is 14.2 Å².